The Morgan fingerprint density at radius 2 is 2.47 bits per heavy atom. The van der Waals surface area contributed by atoms with Gasteiger partial charge in [-0.1, -0.05) is 6.07 Å². The Balaban J connectivity index is 1.88. The summed E-state index contributed by atoms with van der Waals surface area (Å²) in [6.45, 7) is 1.85. The highest BCUT2D eigenvalue weighted by Crippen LogP contribution is 2.18. The molecule has 1 aromatic heterocycles. The Morgan fingerprint density at radius 1 is 1.59 bits per heavy atom. The van der Waals surface area contributed by atoms with E-state index in [4.69, 9.17) is 4.74 Å². The molecule has 0 saturated carbocycles. The SMILES string of the molecule is COC(=O)[C@@H]1CCCN1CCc1ccccn1. The van der Waals surface area contributed by atoms with Crippen molar-refractivity contribution in [3.8, 4) is 0 Å². The van der Waals surface area contributed by atoms with Gasteiger partial charge in [-0.3, -0.25) is 14.7 Å². The number of methoxy groups -OCH3 is 1. The van der Waals surface area contributed by atoms with Gasteiger partial charge in [0, 0.05) is 24.9 Å². The van der Waals surface area contributed by atoms with E-state index in [0.717, 1.165) is 38.0 Å². The van der Waals surface area contributed by atoms with Crippen LogP contribution in [0.1, 0.15) is 18.5 Å². The lowest BCUT2D eigenvalue weighted by molar-refractivity contribution is -0.145. The maximum atomic E-state index is 11.6. The number of pyridine rings is 1. The van der Waals surface area contributed by atoms with Crippen LogP contribution >= 0.6 is 0 Å². The molecule has 1 saturated heterocycles. The number of aromatic nitrogens is 1. The first kappa shape index (κ1) is 12.0. The molecule has 1 aromatic rings. The van der Waals surface area contributed by atoms with Gasteiger partial charge in [0.2, 0.25) is 0 Å². The van der Waals surface area contributed by atoms with E-state index in [9.17, 15) is 4.79 Å². The van der Waals surface area contributed by atoms with Crippen LogP contribution in [0, 0.1) is 0 Å². The van der Waals surface area contributed by atoms with Crippen LogP contribution in [0.2, 0.25) is 0 Å². The number of likely N-dealkylation sites (tertiary alicyclic amines) is 1. The minimum Gasteiger partial charge on any atom is -0.468 e. The summed E-state index contributed by atoms with van der Waals surface area (Å²) in [7, 11) is 1.46. The molecule has 4 nitrogen and oxygen atoms in total. The van der Waals surface area contributed by atoms with Crippen LogP contribution < -0.4 is 0 Å². The van der Waals surface area contributed by atoms with Crippen molar-refractivity contribution in [2.75, 3.05) is 20.2 Å². The minimum absolute atomic E-state index is 0.0521. The van der Waals surface area contributed by atoms with Gasteiger partial charge in [-0.2, -0.15) is 0 Å². The third kappa shape index (κ3) is 3.03. The molecule has 1 atom stereocenters. The van der Waals surface area contributed by atoms with Crippen molar-refractivity contribution in [3.05, 3.63) is 30.1 Å². The second-order valence-electron chi connectivity index (χ2n) is 4.29. The lowest BCUT2D eigenvalue weighted by Crippen LogP contribution is -2.38. The zero-order valence-electron chi connectivity index (χ0n) is 10.1. The van der Waals surface area contributed by atoms with Crippen molar-refractivity contribution in [2.24, 2.45) is 0 Å². The highest BCUT2D eigenvalue weighted by molar-refractivity contribution is 5.75. The molecule has 0 spiro atoms. The highest BCUT2D eigenvalue weighted by Gasteiger charge is 2.30. The van der Waals surface area contributed by atoms with E-state index in [2.05, 4.69) is 9.88 Å². The largest absolute Gasteiger partial charge is 0.468 e. The number of nitrogens with zero attached hydrogens (tertiary/aromatic N) is 2. The van der Waals surface area contributed by atoms with Crippen LogP contribution in [0.5, 0.6) is 0 Å². The van der Waals surface area contributed by atoms with Gasteiger partial charge in [-0.25, -0.2) is 0 Å². The van der Waals surface area contributed by atoms with E-state index >= 15 is 0 Å². The molecule has 1 fully saturated rings. The quantitative estimate of drug-likeness (QED) is 0.736. The maximum absolute atomic E-state index is 11.6. The lowest BCUT2D eigenvalue weighted by atomic mass is 10.2. The van der Waals surface area contributed by atoms with Crippen LogP contribution in [-0.2, 0) is 16.0 Å². The normalized spacial score (nSPS) is 20.4. The van der Waals surface area contributed by atoms with E-state index in [1.165, 1.54) is 7.11 Å². The van der Waals surface area contributed by atoms with E-state index in [0.29, 0.717) is 0 Å². The second kappa shape index (κ2) is 5.77. The van der Waals surface area contributed by atoms with Crippen LogP contribution in [0.25, 0.3) is 0 Å². The first-order valence-corrected chi connectivity index (χ1v) is 6.03. The van der Waals surface area contributed by atoms with Crippen LogP contribution in [0.15, 0.2) is 24.4 Å². The molecule has 0 radical (unpaired) electrons. The number of carbonyl (C=O) groups is 1. The van der Waals surface area contributed by atoms with Gasteiger partial charge in [-0.15, -0.1) is 0 Å². The monoisotopic (exact) mass is 234 g/mol. The number of hydrogen-bond donors (Lipinski definition) is 0. The summed E-state index contributed by atoms with van der Waals surface area (Å²) >= 11 is 0. The number of ether oxygens (including phenoxy) is 1. The van der Waals surface area contributed by atoms with Gasteiger partial charge in [0.25, 0.3) is 0 Å². The molecular weight excluding hydrogens is 216 g/mol. The van der Waals surface area contributed by atoms with Crippen molar-refractivity contribution in [3.63, 3.8) is 0 Å². The average molecular weight is 234 g/mol. The molecule has 2 rings (SSSR count). The predicted octanol–water partition coefficient (Wildman–Crippen LogP) is 1.26. The smallest absolute Gasteiger partial charge is 0.323 e. The van der Waals surface area contributed by atoms with Crippen LogP contribution in [-0.4, -0.2) is 42.1 Å². The Bertz CT molecular complexity index is 367. The fourth-order valence-electron chi connectivity index (χ4n) is 2.30. The zero-order valence-corrected chi connectivity index (χ0v) is 10.1. The fourth-order valence-corrected chi connectivity index (χ4v) is 2.30. The Kier molecular flexibility index (Phi) is 4.09. The Hall–Kier alpha value is -1.42. The molecule has 4 heteroatoms. The van der Waals surface area contributed by atoms with Crippen molar-refractivity contribution < 1.29 is 9.53 Å². The molecule has 0 aromatic carbocycles. The first-order chi connectivity index (χ1) is 8.31. The molecule has 1 aliphatic heterocycles. The van der Waals surface area contributed by atoms with Crippen molar-refractivity contribution in [1.29, 1.82) is 0 Å². The van der Waals surface area contributed by atoms with E-state index in [1.807, 2.05) is 18.2 Å². The van der Waals surface area contributed by atoms with Crippen molar-refractivity contribution >= 4 is 5.97 Å². The molecule has 2 heterocycles. The Labute approximate surface area is 102 Å². The third-order valence-corrected chi connectivity index (χ3v) is 3.22. The summed E-state index contributed by atoms with van der Waals surface area (Å²) in [5, 5.41) is 0. The van der Waals surface area contributed by atoms with Crippen LogP contribution in [0.3, 0.4) is 0 Å². The van der Waals surface area contributed by atoms with Gasteiger partial charge < -0.3 is 4.74 Å². The molecule has 0 N–H and O–H groups in total. The summed E-state index contributed by atoms with van der Waals surface area (Å²) in [4.78, 5) is 18.0. The minimum atomic E-state index is -0.108. The highest BCUT2D eigenvalue weighted by atomic mass is 16.5. The average Bonchev–Trinajstić information content (AvgIpc) is 2.85. The molecule has 17 heavy (non-hydrogen) atoms. The topological polar surface area (TPSA) is 42.4 Å². The van der Waals surface area contributed by atoms with Gasteiger partial charge >= 0.3 is 5.97 Å². The molecule has 0 unspecified atom stereocenters. The maximum Gasteiger partial charge on any atom is 0.323 e. The number of esters is 1. The van der Waals surface area contributed by atoms with Crippen LogP contribution in [0.4, 0.5) is 0 Å². The predicted molar refractivity (Wildman–Crippen MR) is 64.6 cm³/mol. The molecule has 1 aliphatic rings. The molecule has 0 amide bonds. The zero-order chi connectivity index (χ0) is 12.1. The fraction of sp³-hybridized carbons (Fsp3) is 0.538. The Morgan fingerprint density at radius 3 is 3.18 bits per heavy atom. The van der Waals surface area contributed by atoms with Crippen molar-refractivity contribution in [2.45, 2.75) is 25.3 Å². The number of rotatable bonds is 4. The number of hydrogen-bond acceptors (Lipinski definition) is 4. The van der Waals surface area contributed by atoms with Gasteiger partial charge in [0.05, 0.1) is 7.11 Å². The van der Waals surface area contributed by atoms with Crippen molar-refractivity contribution in [1.82, 2.24) is 9.88 Å². The van der Waals surface area contributed by atoms with E-state index in [-0.39, 0.29) is 12.0 Å². The van der Waals surface area contributed by atoms with Gasteiger partial charge in [-0.05, 0) is 31.5 Å². The molecule has 0 aliphatic carbocycles. The molecule has 92 valence electrons. The summed E-state index contributed by atoms with van der Waals surface area (Å²) in [6, 6.07) is 5.87. The summed E-state index contributed by atoms with van der Waals surface area (Å²) in [6.07, 6.45) is 4.67. The van der Waals surface area contributed by atoms with E-state index in [1.54, 1.807) is 6.20 Å². The van der Waals surface area contributed by atoms with Gasteiger partial charge in [0.1, 0.15) is 6.04 Å². The summed E-state index contributed by atoms with van der Waals surface area (Å²) < 4.78 is 4.82. The standard InChI is InChI=1S/C13H18N2O2/c1-17-13(16)12-6-4-9-15(12)10-7-11-5-2-3-8-14-11/h2-3,5,8,12H,4,6-7,9-10H2,1H3/t12-/m0/s1. The summed E-state index contributed by atoms with van der Waals surface area (Å²) in [5.74, 6) is -0.108. The lowest BCUT2D eigenvalue weighted by Gasteiger charge is -2.21. The molecule has 0 bridgehead atoms. The second-order valence-corrected chi connectivity index (χ2v) is 4.29. The molecular formula is C13H18N2O2. The first-order valence-electron chi connectivity index (χ1n) is 6.03. The summed E-state index contributed by atoms with van der Waals surface area (Å²) in [5.41, 5.74) is 1.07. The van der Waals surface area contributed by atoms with Gasteiger partial charge in [0.15, 0.2) is 0 Å². The van der Waals surface area contributed by atoms with E-state index < -0.39 is 0 Å². The number of carbonyl (C=O) groups excluding carboxylic acids is 1. The third-order valence-electron chi connectivity index (χ3n) is 3.22.